The second kappa shape index (κ2) is 4.77. The van der Waals surface area contributed by atoms with Gasteiger partial charge in [0.1, 0.15) is 11.8 Å². The zero-order valence-electron chi connectivity index (χ0n) is 10.1. The number of hydrogen-bond acceptors (Lipinski definition) is 5. The molecule has 19 heavy (non-hydrogen) atoms. The molecule has 0 spiro atoms. The highest BCUT2D eigenvalue weighted by Gasteiger charge is 2.38. The number of phenols is 1. The fourth-order valence-electron chi connectivity index (χ4n) is 2.15. The Kier molecular flexibility index (Phi) is 3.30. The molecule has 0 radical (unpaired) electrons. The second-order valence-electron chi connectivity index (χ2n) is 4.54. The first-order valence-electron chi connectivity index (χ1n) is 5.77. The Bertz CT molecular complexity index is 532. The largest absolute Gasteiger partial charge is 0.506 e. The van der Waals surface area contributed by atoms with Gasteiger partial charge >= 0.3 is 0 Å². The number of amides is 2. The molecule has 1 saturated heterocycles. The summed E-state index contributed by atoms with van der Waals surface area (Å²) in [5.41, 5.74) is 11.0. The molecule has 0 aliphatic carbocycles. The van der Waals surface area contributed by atoms with Crippen LogP contribution >= 0.6 is 0 Å². The number of likely N-dealkylation sites (tertiary alicyclic amines) is 1. The van der Waals surface area contributed by atoms with Gasteiger partial charge in [0.25, 0.3) is 5.91 Å². The predicted octanol–water partition coefficient (Wildman–Crippen LogP) is -0.965. The maximum atomic E-state index is 12.2. The van der Waals surface area contributed by atoms with E-state index in [1.165, 1.54) is 23.1 Å². The molecule has 102 valence electrons. The Labute approximate surface area is 109 Å². The van der Waals surface area contributed by atoms with E-state index in [-0.39, 0.29) is 30.0 Å². The average Bonchev–Trinajstić information content (AvgIpc) is 2.74. The van der Waals surface area contributed by atoms with E-state index in [0.717, 1.165) is 0 Å². The highest BCUT2D eigenvalue weighted by molar-refractivity contribution is 5.98. The summed E-state index contributed by atoms with van der Waals surface area (Å²) in [5.74, 6) is -1.35. The highest BCUT2D eigenvalue weighted by Crippen LogP contribution is 2.25. The van der Waals surface area contributed by atoms with Gasteiger partial charge in [-0.3, -0.25) is 9.59 Å². The fourth-order valence-corrected chi connectivity index (χ4v) is 2.15. The number of rotatable bonds is 2. The maximum absolute atomic E-state index is 12.2. The SMILES string of the molecule is NC(=O)C1CC(O)CN1C(=O)c1ccc(N)c(O)c1. The van der Waals surface area contributed by atoms with Crippen molar-refractivity contribution in [1.29, 1.82) is 0 Å². The predicted molar refractivity (Wildman–Crippen MR) is 67.2 cm³/mol. The average molecular weight is 265 g/mol. The Hall–Kier alpha value is -2.28. The van der Waals surface area contributed by atoms with Gasteiger partial charge in [-0.15, -0.1) is 0 Å². The number of primary amides is 1. The summed E-state index contributed by atoms with van der Waals surface area (Å²) >= 11 is 0. The van der Waals surface area contributed by atoms with Crippen molar-refractivity contribution in [3.8, 4) is 5.75 Å². The standard InChI is InChI=1S/C12H15N3O4/c13-8-2-1-6(3-10(8)17)12(19)15-5-7(16)4-9(15)11(14)18/h1-3,7,9,16-17H,4-5,13H2,(H2,14,18). The van der Waals surface area contributed by atoms with Crippen LogP contribution in [0.5, 0.6) is 5.75 Å². The Morgan fingerprint density at radius 1 is 1.37 bits per heavy atom. The fraction of sp³-hybridized carbons (Fsp3) is 0.333. The van der Waals surface area contributed by atoms with E-state index in [1.807, 2.05) is 0 Å². The van der Waals surface area contributed by atoms with Crippen LogP contribution in [0.3, 0.4) is 0 Å². The van der Waals surface area contributed by atoms with Gasteiger partial charge in [-0.1, -0.05) is 0 Å². The second-order valence-corrected chi connectivity index (χ2v) is 4.54. The zero-order valence-corrected chi connectivity index (χ0v) is 10.1. The van der Waals surface area contributed by atoms with Gasteiger partial charge < -0.3 is 26.6 Å². The minimum Gasteiger partial charge on any atom is -0.506 e. The number of aliphatic hydroxyl groups excluding tert-OH is 1. The molecular formula is C12H15N3O4. The van der Waals surface area contributed by atoms with E-state index in [2.05, 4.69) is 0 Å². The number of β-amino-alcohol motifs (C(OH)–C–C–N with tert-alkyl or cyclic N) is 1. The third kappa shape index (κ3) is 2.45. The Balaban J connectivity index is 2.27. The third-order valence-corrected chi connectivity index (χ3v) is 3.15. The molecule has 1 fully saturated rings. The smallest absolute Gasteiger partial charge is 0.254 e. The van der Waals surface area contributed by atoms with Gasteiger partial charge in [0.2, 0.25) is 5.91 Å². The van der Waals surface area contributed by atoms with Gasteiger partial charge in [0.05, 0.1) is 11.8 Å². The van der Waals surface area contributed by atoms with Crippen molar-refractivity contribution < 1.29 is 19.8 Å². The minimum atomic E-state index is -0.831. The van der Waals surface area contributed by atoms with Crippen LogP contribution in [-0.2, 0) is 4.79 Å². The highest BCUT2D eigenvalue weighted by atomic mass is 16.3. The van der Waals surface area contributed by atoms with Gasteiger partial charge in [-0.25, -0.2) is 0 Å². The van der Waals surface area contributed by atoms with Crippen LogP contribution in [-0.4, -0.2) is 45.6 Å². The first-order valence-corrected chi connectivity index (χ1v) is 5.77. The number of phenolic OH excluding ortho intramolecular Hbond substituents is 1. The normalized spacial score (nSPS) is 22.5. The van der Waals surface area contributed by atoms with Crippen LogP contribution in [0.2, 0.25) is 0 Å². The van der Waals surface area contributed by atoms with E-state index in [9.17, 15) is 19.8 Å². The van der Waals surface area contributed by atoms with Crippen molar-refractivity contribution in [3.63, 3.8) is 0 Å². The van der Waals surface area contributed by atoms with Crippen molar-refractivity contribution in [2.24, 2.45) is 5.73 Å². The van der Waals surface area contributed by atoms with E-state index in [1.54, 1.807) is 0 Å². The van der Waals surface area contributed by atoms with Crippen molar-refractivity contribution >= 4 is 17.5 Å². The summed E-state index contributed by atoms with van der Waals surface area (Å²) in [7, 11) is 0. The van der Waals surface area contributed by atoms with E-state index in [4.69, 9.17) is 11.5 Å². The molecule has 2 unspecified atom stereocenters. The minimum absolute atomic E-state index is 0.0393. The van der Waals surface area contributed by atoms with E-state index >= 15 is 0 Å². The first-order chi connectivity index (χ1) is 8.90. The van der Waals surface area contributed by atoms with Gasteiger partial charge in [0, 0.05) is 18.5 Å². The van der Waals surface area contributed by atoms with Crippen molar-refractivity contribution in [3.05, 3.63) is 23.8 Å². The first kappa shape index (κ1) is 13.2. The Morgan fingerprint density at radius 2 is 2.05 bits per heavy atom. The van der Waals surface area contributed by atoms with Crippen LogP contribution in [0.4, 0.5) is 5.69 Å². The molecule has 1 aromatic rings. The van der Waals surface area contributed by atoms with Gasteiger partial charge in [-0.05, 0) is 18.2 Å². The van der Waals surface area contributed by atoms with Crippen LogP contribution in [0.25, 0.3) is 0 Å². The molecule has 2 atom stereocenters. The topological polar surface area (TPSA) is 130 Å². The van der Waals surface area contributed by atoms with Crippen molar-refractivity contribution in [2.75, 3.05) is 12.3 Å². The molecule has 0 aromatic heterocycles. The van der Waals surface area contributed by atoms with Crippen molar-refractivity contribution in [1.82, 2.24) is 4.90 Å². The van der Waals surface area contributed by atoms with Crippen LogP contribution < -0.4 is 11.5 Å². The number of benzene rings is 1. The summed E-state index contributed by atoms with van der Waals surface area (Å²) in [6.45, 7) is 0.0393. The summed E-state index contributed by atoms with van der Waals surface area (Å²) in [5, 5.41) is 19.0. The summed E-state index contributed by atoms with van der Waals surface area (Å²) in [6.07, 6.45) is -0.647. The molecule has 1 heterocycles. The molecule has 6 N–H and O–H groups in total. The van der Waals surface area contributed by atoms with E-state index < -0.39 is 24.0 Å². The lowest BCUT2D eigenvalue weighted by Crippen LogP contribution is -2.43. The zero-order chi connectivity index (χ0) is 14.2. The van der Waals surface area contributed by atoms with Gasteiger partial charge in [-0.2, -0.15) is 0 Å². The van der Waals surface area contributed by atoms with Crippen molar-refractivity contribution in [2.45, 2.75) is 18.6 Å². The molecule has 2 rings (SSSR count). The molecule has 2 amide bonds. The number of aliphatic hydroxyl groups is 1. The molecule has 1 aliphatic rings. The summed E-state index contributed by atoms with van der Waals surface area (Å²) in [6, 6.07) is 3.23. The van der Waals surface area contributed by atoms with Crippen LogP contribution in [0.1, 0.15) is 16.8 Å². The molecule has 0 saturated carbocycles. The number of anilines is 1. The third-order valence-electron chi connectivity index (χ3n) is 3.15. The van der Waals surface area contributed by atoms with Gasteiger partial charge in [0.15, 0.2) is 0 Å². The Morgan fingerprint density at radius 3 is 2.63 bits per heavy atom. The molecule has 1 aromatic carbocycles. The quantitative estimate of drug-likeness (QED) is 0.404. The summed E-state index contributed by atoms with van der Waals surface area (Å²) < 4.78 is 0. The van der Waals surface area contributed by atoms with Crippen LogP contribution in [0, 0.1) is 0 Å². The molecule has 0 bridgehead atoms. The lowest BCUT2D eigenvalue weighted by Gasteiger charge is -2.22. The number of hydrogen-bond donors (Lipinski definition) is 4. The number of nitrogens with two attached hydrogens (primary N) is 2. The number of carbonyl (C=O) groups excluding carboxylic acids is 2. The molecule has 7 nitrogen and oxygen atoms in total. The lowest BCUT2D eigenvalue weighted by atomic mass is 10.1. The summed E-state index contributed by atoms with van der Waals surface area (Å²) in [4.78, 5) is 24.7. The van der Waals surface area contributed by atoms with Crippen LogP contribution in [0.15, 0.2) is 18.2 Å². The molecule has 7 heteroatoms. The number of aromatic hydroxyl groups is 1. The maximum Gasteiger partial charge on any atom is 0.254 e. The molecule has 1 aliphatic heterocycles. The number of nitrogen functional groups attached to an aromatic ring is 1. The number of nitrogens with zero attached hydrogens (tertiary/aromatic N) is 1. The number of carbonyl (C=O) groups is 2. The lowest BCUT2D eigenvalue weighted by molar-refractivity contribution is -0.121. The van der Waals surface area contributed by atoms with E-state index in [0.29, 0.717) is 0 Å². The molecular weight excluding hydrogens is 250 g/mol. The monoisotopic (exact) mass is 265 g/mol.